The molecular weight excluding hydrogens is 274 g/mol. The number of rotatable bonds is 4. The molecule has 22 heavy (non-hydrogen) atoms. The molecule has 0 amide bonds. The standard InChI is InChI=1S/C18H27N3O/c1-12-10-15(22-18(4,5)6)8-9-17(12)19-11-16-13(2)20-21(7)14(16)3/h8-10,19H,11H2,1-7H3. The molecule has 0 aliphatic rings. The highest BCUT2D eigenvalue weighted by Gasteiger charge is 2.13. The van der Waals surface area contributed by atoms with Crippen LogP contribution in [0.3, 0.4) is 0 Å². The van der Waals surface area contributed by atoms with Crippen LogP contribution >= 0.6 is 0 Å². The maximum absolute atomic E-state index is 5.90. The average molecular weight is 301 g/mol. The minimum atomic E-state index is -0.175. The Kier molecular flexibility index (Phi) is 4.50. The molecule has 0 saturated heterocycles. The number of ether oxygens (including phenoxy) is 1. The van der Waals surface area contributed by atoms with E-state index < -0.39 is 0 Å². The maximum Gasteiger partial charge on any atom is 0.120 e. The van der Waals surface area contributed by atoms with Crippen LogP contribution in [0, 0.1) is 20.8 Å². The number of aryl methyl sites for hydroxylation is 3. The van der Waals surface area contributed by atoms with E-state index >= 15 is 0 Å². The molecule has 1 aromatic heterocycles. The third-order valence-corrected chi connectivity index (χ3v) is 3.74. The predicted molar refractivity (Wildman–Crippen MR) is 91.6 cm³/mol. The van der Waals surface area contributed by atoms with Gasteiger partial charge in [-0.25, -0.2) is 0 Å². The molecule has 0 spiro atoms. The van der Waals surface area contributed by atoms with E-state index in [2.05, 4.69) is 64.1 Å². The fraction of sp³-hybridized carbons (Fsp3) is 0.500. The van der Waals surface area contributed by atoms with Crippen LogP contribution in [-0.2, 0) is 13.6 Å². The van der Waals surface area contributed by atoms with Crippen molar-refractivity contribution in [3.63, 3.8) is 0 Å². The quantitative estimate of drug-likeness (QED) is 0.922. The molecule has 4 nitrogen and oxygen atoms in total. The summed E-state index contributed by atoms with van der Waals surface area (Å²) >= 11 is 0. The highest BCUT2D eigenvalue weighted by atomic mass is 16.5. The Morgan fingerprint density at radius 1 is 1.18 bits per heavy atom. The summed E-state index contributed by atoms with van der Waals surface area (Å²) in [5.74, 6) is 0.907. The van der Waals surface area contributed by atoms with Crippen LogP contribution in [-0.4, -0.2) is 15.4 Å². The van der Waals surface area contributed by atoms with Gasteiger partial charge in [0, 0.05) is 30.5 Å². The second-order valence-electron chi connectivity index (χ2n) is 6.82. The van der Waals surface area contributed by atoms with Gasteiger partial charge in [-0.05, 0) is 65.3 Å². The van der Waals surface area contributed by atoms with Gasteiger partial charge in [-0.1, -0.05) is 0 Å². The minimum absolute atomic E-state index is 0.175. The number of aromatic nitrogens is 2. The van der Waals surface area contributed by atoms with Gasteiger partial charge in [-0.2, -0.15) is 5.10 Å². The topological polar surface area (TPSA) is 39.1 Å². The van der Waals surface area contributed by atoms with E-state index in [-0.39, 0.29) is 5.60 Å². The molecule has 4 heteroatoms. The summed E-state index contributed by atoms with van der Waals surface area (Å²) in [6.45, 7) is 13.2. The first-order chi connectivity index (χ1) is 10.2. The van der Waals surface area contributed by atoms with Gasteiger partial charge >= 0.3 is 0 Å². The molecule has 0 aliphatic carbocycles. The van der Waals surface area contributed by atoms with Crippen LogP contribution < -0.4 is 10.1 Å². The van der Waals surface area contributed by atoms with Crippen molar-refractivity contribution < 1.29 is 4.74 Å². The number of hydrogen-bond acceptors (Lipinski definition) is 3. The van der Waals surface area contributed by atoms with Crippen molar-refractivity contribution in [1.29, 1.82) is 0 Å². The average Bonchev–Trinajstić information content (AvgIpc) is 2.61. The first-order valence-corrected chi connectivity index (χ1v) is 7.70. The Balaban J connectivity index is 2.11. The van der Waals surface area contributed by atoms with Crippen LogP contribution in [0.25, 0.3) is 0 Å². The van der Waals surface area contributed by atoms with Crippen molar-refractivity contribution in [2.24, 2.45) is 7.05 Å². The monoisotopic (exact) mass is 301 g/mol. The van der Waals surface area contributed by atoms with Crippen LogP contribution in [0.1, 0.15) is 43.3 Å². The van der Waals surface area contributed by atoms with E-state index in [9.17, 15) is 0 Å². The van der Waals surface area contributed by atoms with E-state index in [0.717, 1.165) is 23.7 Å². The summed E-state index contributed by atoms with van der Waals surface area (Å²) in [6, 6.07) is 6.18. The normalized spacial score (nSPS) is 11.6. The number of nitrogens with zero attached hydrogens (tertiary/aromatic N) is 2. The fourth-order valence-electron chi connectivity index (χ4n) is 2.51. The predicted octanol–water partition coefficient (Wildman–Crippen LogP) is 4.13. The Bertz CT molecular complexity index is 666. The largest absolute Gasteiger partial charge is 0.488 e. The Morgan fingerprint density at radius 2 is 1.86 bits per heavy atom. The Hall–Kier alpha value is -1.97. The SMILES string of the molecule is Cc1cc(OC(C)(C)C)ccc1NCc1c(C)nn(C)c1C. The van der Waals surface area contributed by atoms with Gasteiger partial charge in [0.1, 0.15) is 11.4 Å². The van der Waals surface area contributed by atoms with Crippen molar-refractivity contribution in [2.75, 3.05) is 5.32 Å². The molecule has 0 bridgehead atoms. The summed E-state index contributed by atoms with van der Waals surface area (Å²) in [6.07, 6.45) is 0. The van der Waals surface area contributed by atoms with E-state index in [1.54, 1.807) is 0 Å². The second kappa shape index (κ2) is 6.03. The lowest BCUT2D eigenvalue weighted by Gasteiger charge is -2.22. The highest BCUT2D eigenvalue weighted by Crippen LogP contribution is 2.25. The van der Waals surface area contributed by atoms with Crippen molar-refractivity contribution in [3.8, 4) is 5.75 Å². The van der Waals surface area contributed by atoms with Gasteiger partial charge in [-0.3, -0.25) is 4.68 Å². The number of hydrogen-bond donors (Lipinski definition) is 1. The molecule has 1 heterocycles. The van der Waals surface area contributed by atoms with Gasteiger partial charge in [-0.15, -0.1) is 0 Å². The van der Waals surface area contributed by atoms with Crippen LogP contribution in [0.15, 0.2) is 18.2 Å². The summed E-state index contributed by atoms with van der Waals surface area (Å²) in [7, 11) is 1.98. The molecule has 1 N–H and O–H groups in total. The second-order valence-corrected chi connectivity index (χ2v) is 6.82. The molecule has 0 radical (unpaired) electrons. The molecule has 0 saturated carbocycles. The molecule has 0 unspecified atom stereocenters. The van der Waals surface area contributed by atoms with Gasteiger partial charge in [0.15, 0.2) is 0 Å². The molecular formula is C18H27N3O. The minimum Gasteiger partial charge on any atom is -0.488 e. The molecule has 0 aliphatic heterocycles. The summed E-state index contributed by atoms with van der Waals surface area (Å²) in [5.41, 5.74) is 5.68. The lowest BCUT2D eigenvalue weighted by molar-refractivity contribution is 0.131. The Labute approximate surface area is 133 Å². The molecule has 2 rings (SSSR count). The highest BCUT2D eigenvalue weighted by molar-refractivity contribution is 5.54. The van der Waals surface area contributed by atoms with Crippen molar-refractivity contribution in [2.45, 2.75) is 53.7 Å². The van der Waals surface area contributed by atoms with Crippen LogP contribution in [0.4, 0.5) is 5.69 Å². The maximum atomic E-state index is 5.90. The van der Waals surface area contributed by atoms with E-state index in [0.29, 0.717) is 0 Å². The number of anilines is 1. The molecule has 0 fully saturated rings. The summed E-state index contributed by atoms with van der Waals surface area (Å²) < 4.78 is 7.83. The van der Waals surface area contributed by atoms with E-state index in [4.69, 9.17) is 4.74 Å². The number of nitrogens with one attached hydrogen (secondary N) is 1. The lowest BCUT2D eigenvalue weighted by atomic mass is 10.1. The molecule has 2 aromatic rings. The molecule has 1 aromatic carbocycles. The summed E-state index contributed by atoms with van der Waals surface area (Å²) in [5, 5.41) is 7.96. The van der Waals surface area contributed by atoms with Crippen molar-refractivity contribution in [3.05, 3.63) is 40.7 Å². The number of benzene rings is 1. The third kappa shape index (κ3) is 3.81. The first-order valence-electron chi connectivity index (χ1n) is 7.70. The van der Waals surface area contributed by atoms with E-state index in [1.165, 1.54) is 16.8 Å². The smallest absolute Gasteiger partial charge is 0.120 e. The fourth-order valence-corrected chi connectivity index (χ4v) is 2.51. The van der Waals surface area contributed by atoms with E-state index in [1.807, 2.05) is 17.8 Å². The van der Waals surface area contributed by atoms with Gasteiger partial charge in [0.2, 0.25) is 0 Å². The molecule has 120 valence electrons. The summed E-state index contributed by atoms with van der Waals surface area (Å²) in [4.78, 5) is 0. The van der Waals surface area contributed by atoms with Crippen LogP contribution in [0.2, 0.25) is 0 Å². The zero-order valence-electron chi connectivity index (χ0n) is 14.7. The van der Waals surface area contributed by atoms with Gasteiger partial charge in [0.05, 0.1) is 5.69 Å². The van der Waals surface area contributed by atoms with Crippen molar-refractivity contribution >= 4 is 5.69 Å². The van der Waals surface area contributed by atoms with Gasteiger partial charge < -0.3 is 10.1 Å². The molecule has 0 atom stereocenters. The van der Waals surface area contributed by atoms with Gasteiger partial charge in [0.25, 0.3) is 0 Å². The zero-order valence-corrected chi connectivity index (χ0v) is 14.7. The lowest BCUT2D eigenvalue weighted by Crippen LogP contribution is -2.22. The Morgan fingerprint density at radius 3 is 2.36 bits per heavy atom. The first kappa shape index (κ1) is 16.4. The zero-order chi connectivity index (χ0) is 16.5. The third-order valence-electron chi connectivity index (χ3n) is 3.74. The van der Waals surface area contributed by atoms with Crippen LogP contribution in [0.5, 0.6) is 5.75 Å². The van der Waals surface area contributed by atoms with Crippen molar-refractivity contribution in [1.82, 2.24) is 9.78 Å².